The van der Waals surface area contributed by atoms with Gasteiger partial charge in [-0.1, -0.05) is 0 Å². The molecular weight excluding hydrogens is 348 g/mol. The highest BCUT2D eigenvalue weighted by molar-refractivity contribution is 7.15. The maximum absolute atomic E-state index is 13.5. The van der Waals surface area contributed by atoms with Crippen LogP contribution >= 0.6 is 11.3 Å². The molecule has 5 nitrogen and oxygen atoms in total. The van der Waals surface area contributed by atoms with Crippen LogP contribution in [0, 0.1) is 0 Å². The Hall–Kier alpha value is -1.63. The lowest BCUT2D eigenvalue weighted by Crippen LogP contribution is -2.47. The first-order valence-electron chi connectivity index (χ1n) is 9.61. The molecule has 1 amide bonds. The molecular formula is C20H24N2O3S. The molecule has 0 atom stereocenters. The number of likely N-dealkylation sites (tertiary alicyclic amines) is 1. The highest BCUT2D eigenvalue weighted by Crippen LogP contribution is 2.39. The summed E-state index contributed by atoms with van der Waals surface area (Å²) in [6.07, 6.45) is 10.2. The second-order valence-electron chi connectivity index (χ2n) is 7.38. The first-order valence-corrected chi connectivity index (χ1v) is 10.4. The first kappa shape index (κ1) is 16.5. The molecule has 0 aromatic carbocycles. The minimum atomic E-state index is -0.436. The average molecular weight is 372 g/mol. The van der Waals surface area contributed by atoms with Crippen LogP contribution in [0.3, 0.4) is 0 Å². The molecule has 2 fully saturated rings. The van der Waals surface area contributed by atoms with Crippen molar-refractivity contribution in [2.75, 3.05) is 26.3 Å². The second-order valence-corrected chi connectivity index (χ2v) is 8.46. The zero-order valence-corrected chi connectivity index (χ0v) is 15.7. The summed E-state index contributed by atoms with van der Waals surface area (Å²) in [6.45, 7) is 2.75. The predicted molar refractivity (Wildman–Crippen MR) is 100 cm³/mol. The number of aromatic nitrogens is 1. The number of amides is 1. The summed E-state index contributed by atoms with van der Waals surface area (Å²) in [6, 6.07) is 4.04. The van der Waals surface area contributed by atoms with E-state index in [4.69, 9.17) is 9.47 Å². The number of piperidine rings is 1. The number of thiophene rings is 1. The smallest absolute Gasteiger partial charge is 0.257 e. The number of aryl methyl sites for hydroxylation is 1. The first-order chi connectivity index (χ1) is 12.8. The van der Waals surface area contributed by atoms with Crippen LogP contribution in [-0.4, -0.2) is 47.5 Å². The van der Waals surface area contributed by atoms with E-state index < -0.39 is 5.79 Å². The third-order valence-corrected chi connectivity index (χ3v) is 7.14. The molecule has 6 heteroatoms. The number of ether oxygens (including phenoxy) is 2. The summed E-state index contributed by atoms with van der Waals surface area (Å²) in [4.78, 5) is 16.9. The van der Waals surface area contributed by atoms with Crippen LogP contribution in [0.1, 0.15) is 46.5 Å². The molecule has 0 unspecified atom stereocenters. The Labute approximate surface area is 157 Å². The summed E-state index contributed by atoms with van der Waals surface area (Å²) in [7, 11) is 0. The number of carbonyl (C=O) groups excluding carboxylic acids is 1. The molecule has 1 aliphatic carbocycles. The van der Waals surface area contributed by atoms with Gasteiger partial charge in [-0.2, -0.15) is 0 Å². The summed E-state index contributed by atoms with van der Waals surface area (Å²) in [5.41, 5.74) is 2.23. The van der Waals surface area contributed by atoms with Crippen LogP contribution in [0.25, 0.3) is 5.00 Å². The molecule has 4 heterocycles. The van der Waals surface area contributed by atoms with E-state index in [0.29, 0.717) is 26.3 Å². The van der Waals surface area contributed by atoms with Gasteiger partial charge in [-0.25, -0.2) is 0 Å². The van der Waals surface area contributed by atoms with Crippen LogP contribution in [0.15, 0.2) is 24.5 Å². The van der Waals surface area contributed by atoms with Crippen molar-refractivity contribution in [3.05, 3.63) is 40.5 Å². The summed E-state index contributed by atoms with van der Waals surface area (Å²) in [5, 5.41) is 1.08. The Morgan fingerprint density at radius 1 is 1.04 bits per heavy atom. The Morgan fingerprint density at radius 2 is 1.73 bits per heavy atom. The molecule has 1 spiro atoms. The van der Waals surface area contributed by atoms with Gasteiger partial charge in [0.05, 0.1) is 18.8 Å². The molecule has 2 saturated heterocycles. The van der Waals surface area contributed by atoms with Gasteiger partial charge in [0.25, 0.3) is 5.91 Å². The number of hydrogen-bond donors (Lipinski definition) is 0. The van der Waals surface area contributed by atoms with Gasteiger partial charge < -0.3 is 18.9 Å². The van der Waals surface area contributed by atoms with Gasteiger partial charge in [0.15, 0.2) is 5.79 Å². The van der Waals surface area contributed by atoms with E-state index in [1.807, 2.05) is 29.4 Å². The highest BCUT2D eigenvalue weighted by atomic mass is 32.1. The van der Waals surface area contributed by atoms with Gasteiger partial charge in [0, 0.05) is 43.2 Å². The fraction of sp³-hybridized carbons (Fsp3) is 0.550. The van der Waals surface area contributed by atoms with Crippen molar-refractivity contribution in [1.82, 2.24) is 9.47 Å². The fourth-order valence-corrected chi connectivity index (χ4v) is 5.76. The normalized spacial score (nSPS) is 21.9. The topological polar surface area (TPSA) is 43.7 Å². The maximum Gasteiger partial charge on any atom is 0.257 e. The fourth-order valence-electron chi connectivity index (χ4n) is 4.42. The summed E-state index contributed by atoms with van der Waals surface area (Å²) in [5.74, 6) is -0.255. The van der Waals surface area contributed by atoms with E-state index in [2.05, 4.69) is 4.57 Å². The van der Waals surface area contributed by atoms with Gasteiger partial charge in [-0.3, -0.25) is 4.79 Å². The molecule has 0 bridgehead atoms. The number of nitrogens with zero attached hydrogens (tertiary/aromatic N) is 2. The third kappa shape index (κ3) is 2.71. The Bertz CT molecular complexity index is 795. The van der Waals surface area contributed by atoms with Crippen LogP contribution in [-0.2, 0) is 22.3 Å². The molecule has 0 radical (unpaired) electrons. The lowest BCUT2D eigenvalue weighted by atomic mass is 9.94. The van der Waals surface area contributed by atoms with Crippen LogP contribution in [0.4, 0.5) is 0 Å². The quantitative estimate of drug-likeness (QED) is 0.812. The monoisotopic (exact) mass is 372 g/mol. The predicted octanol–water partition coefficient (Wildman–Crippen LogP) is 3.40. The van der Waals surface area contributed by atoms with Gasteiger partial charge >= 0.3 is 0 Å². The van der Waals surface area contributed by atoms with Crippen molar-refractivity contribution < 1.29 is 14.3 Å². The molecule has 2 aromatic rings. The maximum atomic E-state index is 13.5. The van der Waals surface area contributed by atoms with Crippen LogP contribution in [0.2, 0.25) is 0 Å². The number of hydrogen-bond acceptors (Lipinski definition) is 4. The Morgan fingerprint density at radius 3 is 2.46 bits per heavy atom. The van der Waals surface area contributed by atoms with Crippen LogP contribution in [0.5, 0.6) is 0 Å². The minimum absolute atomic E-state index is 0.181. The number of rotatable bonds is 2. The van der Waals surface area contributed by atoms with Crippen LogP contribution < -0.4 is 0 Å². The third-order valence-electron chi connectivity index (χ3n) is 5.83. The van der Waals surface area contributed by atoms with Crippen molar-refractivity contribution in [2.24, 2.45) is 0 Å². The zero-order chi connectivity index (χ0) is 17.6. The SMILES string of the molecule is O=C(c1c(-n2cccc2)sc2c1CCCC2)N1CCC2(CC1)OCCO2. The largest absolute Gasteiger partial charge is 0.347 e. The van der Waals surface area contributed by atoms with Gasteiger partial charge in [0.2, 0.25) is 0 Å². The lowest BCUT2D eigenvalue weighted by Gasteiger charge is -2.37. The standard InChI is InChI=1S/C20H24N2O3S/c23-18(21-11-7-20(8-12-21)24-13-14-25-20)17-15-5-1-2-6-16(15)26-19(17)22-9-3-4-10-22/h3-4,9-10H,1-2,5-8,11-14H2. The molecule has 0 N–H and O–H groups in total. The molecule has 0 saturated carbocycles. The molecule has 2 aliphatic heterocycles. The molecule has 2 aromatic heterocycles. The Kier molecular flexibility index (Phi) is 4.14. The van der Waals surface area contributed by atoms with Gasteiger partial charge in [-0.15, -0.1) is 11.3 Å². The second kappa shape index (κ2) is 6.51. The van der Waals surface area contributed by atoms with E-state index >= 15 is 0 Å². The van der Waals surface area contributed by atoms with Crippen molar-refractivity contribution in [2.45, 2.75) is 44.3 Å². The van der Waals surface area contributed by atoms with Gasteiger partial charge in [-0.05, 0) is 43.4 Å². The van der Waals surface area contributed by atoms with E-state index in [-0.39, 0.29) is 5.91 Å². The average Bonchev–Trinajstić information content (AvgIpc) is 3.41. The van der Waals surface area contributed by atoms with E-state index in [1.165, 1.54) is 23.3 Å². The lowest BCUT2D eigenvalue weighted by molar-refractivity contribution is -0.181. The van der Waals surface area contributed by atoms with E-state index in [0.717, 1.165) is 36.2 Å². The van der Waals surface area contributed by atoms with E-state index in [1.54, 1.807) is 11.3 Å². The molecule has 138 valence electrons. The summed E-state index contributed by atoms with van der Waals surface area (Å²) >= 11 is 1.80. The van der Waals surface area contributed by atoms with Crippen molar-refractivity contribution in [3.63, 3.8) is 0 Å². The molecule has 5 rings (SSSR count). The highest BCUT2D eigenvalue weighted by Gasteiger charge is 2.41. The minimum Gasteiger partial charge on any atom is -0.347 e. The van der Waals surface area contributed by atoms with E-state index in [9.17, 15) is 4.79 Å². The molecule has 3 aliphatic rings. The summed E-state index contributed by atoms with van der Waals surface area (Å²) < 4.78 is 13.7. The number of carbonyl (C=O) groups is 1. The Balaban J connectivity index is 1.45. The van der Waals surface area contributed by atoms with Gasteiger partial charge in [0.1, 0.15) is 5.00 Å². The number of fused-ring (bicyclic) bond motifs is 1. The van der Waals surface area contributed by atoms with Crippen molar-refractivity contribution in [3.8, 4) is 5.00 Å². The van der Waals surface area contributed by atoms with Crippen molar-refractivity contribution in [1.29, 1.82) is 0 Å². The van der Waals surface area contributed by atoms with Crippen molar-refractivity contribution >= 4 is 17.2 Å². The zero-order valence-electron chi connectivity index (χ0n) is 14.9. The molecule has 26 heavy (non-hydrogen) atoms.